The van der Waals surface area contributed by atoms with E-state index in [1.165, 1.54) is 27.9 Å². The smallest absolute Gasteiger partial charge is 0.125 e. The second kappa shape index (κ2) is 10.8. The average molecular weight is 445 g/mol. The van der Waals surface area contributed by atoms with Crippen LogP contribution in [-0.4, -0.2) is 50.3 Å². The van der Waals surface area contributed by atoms with E-state index in [-0.39, 0.29) is 6.04 Å². The molecule has 0 saturated carbocycles. The summed E-state index contributed by atoms with van der Waals surface area (Å²) < 4.78 is 12.8. The van der Waals surface area contributed by atoms with Gasteiger partial charge < -0.3 is 14.4 Å². The first-order valence-corrected chi connectivity index (χ1v) is 11.9. The number of ether oxygens (including phenoxy) is 2. The molecule has 1 aliphatic heterocycles. The third kappa shape index (κ3) is 5.69. The number of aryl methyl sites for hydroxylation is 4. The lowest BCUT2D eigenvalue weighted by atomic mass is 10.1. The molecule has 0 spiro atoms. The highest BCUT2D eigenvalue weighted by atomic mass is 16.5. The predicted molar refractivity (Wildman–Crippen MR) is 137 cm³/mol. The van der Waals surface area contributed by atoms with Gasteiger partial charge in [0.25, 0.3) is 0 Å². The molecule has 0 radical (unpaired) electrons. The molecule has 4 rings (SSSR count). The summed E-state index contributed by atoms with van der Waals surface area (Å²) in [6.07, 6.45) is 0. The summed E-state index contributed by atoms with van der Waals surface area (Å²) in [5.41, 5.74) is 6.01. The Kier molecular flexibility index (Phi) is 7.56. The van der Waals surface area contributed by atoms with Gasteiger partial charge in [-0.2, -0.15) is 0 Å². The van der Waals surface area contributed by atoms with Gasteiger partial charge in [0.1, 0.15) is 24.7 Å². The van der Waals surface area contributed by atoms with Gasteiger partial charge in [-0.05, 0) is 62.1 Å². The summed E-state index contributed by atoms with van der Waals surface area (Å²) in [5, 5.41) is 0. The summed E-state index contributed by atoms with van der Waals surface area (Å²) in [4.78, 5) is 4.99. The molecule has 0 bridgehead atoms. The second-order valence-corrected chi connectivity index (χ2v) is 9.08. The fourth-order valence-electron chi connectivity index (χ4n) is 4.66. The van der Waals surface area contributed by atoms with Gasteiger partial charge in [-0.15, -0.1) is 0 Å². The van der Waals surface area contributed by atoms with Crippen molar-refractivity contribution in [1.29, 1.82) is 0 Å². The van der Waals surface area contributed by atoms with Crippen LogP contribution in [0.1, 0.15) is 22.3 Å². The number of hydrogen-bond donors (Lipinski definition) is 0. The summed E-state index contributed by atoms with van der Waals surface area (Å²) in [7, 11) is 0. The zero-order valence-corrected chi connectivity index (χ0v) is 20.4. The Bertz CT molecular complexity index is 947. The fourth-order valence-corrected chi connectivity index (χ4v) is 4.66. The topological polar surface area (TPSA) is 24.9 Å². The van der Waals surface area contributed by atoms with Gasteiger partial charge in [0, 0.05) is 31.9 Å². The molecule has 3 aromatic carbocycles. The molecule has 0 N–H and O–H groups in total. The lowest BCUT2D eigenvalue weighted by Gasteiger charge is -2.40. The van der Waals surface area contributed by atoms with Crippen LogP contribution in [0.4, 0.5) is 5.69 Å². The number of benzene rings is 3. The second-order valence-electron chi connectivity index (χ2n) is 9.08. The zero-order valence-electron chi connectivity index (χ0n) is 20.4. The highest BCUT2D eigenvalue weighted by Gasteiger charge is 2.26. The first-order valence-electron chi connectivity index (χ1n) is 11.9. The van der Waals surface area contributed by atoms with Crippen LogP contribution in [0, 0.1) is 27.7 Å². The molecule has 33 heavy (non-hydrogen) atoms. The van der Waals surface area contributed by atoms with E-state index in [9.17, 15) is 0 Å². The van der Waals surface area contributed by atoms with Crippen molar-refractivity contribution < 1.29 is 9.47 Å². The van der Waals surface area contributed by atoms with Crippen molar-refractivity contribution in [3.63, 3.8) is 0 Å². The van der Waals surface area contributed by atoms with Crippen LogP contribution in [-0.2, 0) is 0 Å². The van der Waals surface area contributed by atoms with Crippen LogP contribution in [0.3, 0.4) is 0 Å². The molecule has 0 aliphatic carbocycles. The van der Waals surface area contributed by atoms with Gasteiger partial charge in [-0.25, -0.2) is 0 Å². The maximum Gasteiger partial charge on any atom is 0.125 e. The van der Waals surface area contributed by atoms with Crippen molar-refractivity contribution in [2.45, 2.75) is 33.7 Å². The van der Waals surface area contributed by atoms with Crippen LogP contribution in [0.25, 0.3) is 0 Å². The Morgan fingerprint density at radius 3 is 1.52 bits per heavy atom. The number of hydrogen-bond acceptors (Lipinski definition) is 4. The molecule has 0 amide bonds. The average Bonchev–Trinajstić information content (AvgIpc) is 2.83. The maximum absolute atomic E-state index is 6.41. The quantitative estimate of drug-likeness (QED) is 0.454. The first-order chi connectivity index (χ1) is 16.0. The molecule has 0 aromatic heterocycles. The van der Waals surface area contributed by atoms with E-state index in [4.69, 9.17) is 9.47 Å². The Morgan fingerprint density at radius 1 is 0.606 bits per heavy atom. The van der Waals surface area contributed by atoms with Crippen molar-refractivity contribution >= 4 is 5.69 Å². The van der Waals surface area contributed by atoms with E-state index in [2.05, 4.69) is 104 Å². The molecule has 4 nitrogen and oxygen atoms in total. The van der Waals surface area contributed by atoms with Crippen molar-refractivity contribution in [3.8, 4) is 11.5 Å². The van der Waals surface area contributed by atoms with Crippen LogP contribution in [0.2, 0.25) is 0 Å². The van der Waals surface area contributed by atoms with E-state index in [1.807, 2.05) is 0 Å². The number of anilines is 1. The maximum atomic E-state index is 6.41. The normalized spacial score (nSPS) is 14.5. The fraction of sp³-hybridized carbons (Fsp3) is 0.379. The Hall–Kier alpha value is -2.98. The summed E-state index contributed by atoms with van der Waals surface area (Å²) in [5.74, 6) is 2.00. The minimum Gasteiger partial charge on any atom is -0.491 e. The van der Waals surface area contributed by atoms with Gasteiger partial charge in [0.2, 0.25) is 0 Å². The molecule has 3 aromatic rings. The highest BCUT2D eigenvalue weighted by molar-refractivity contribution is 5.46. The molecular formula is C29H36N2O2. The monoisotopic (exact) mass is 444 g/mol. The highest BCUT2D eigenvalue weighted by Crippen LogP contribution is 2.25. The minimum atomic E-state index is 0.181. The standard InChI is InChI=1S/C29H36N2O2/c1-22-10-8-11-23(2)28(22)32-20-27(21-33-29-24(3)12-9-13-25(29)4)31-18-16-30(17-19-31)26-14-6-5-7-15-26/h5-15,27H,16-21H2,1-4H3. The SMILES string of the molecule is Cc1cccc(C)c1OCC(COc1c(C)cccc1C)N1CCN(c2ccccc2)CC1. The van der Waals surface area contributed by atoms with E-state index in [0.717, 1.165) is 37.7 Å². The Balaban J connectivity index is 1.46. The van der Waals surface area contributed by atoms with E-state index in [1.54, 1.807) is 0 Å². The molecule has 0 unspecified atom stereocenters. The molecule has 4 heteroatoms. The number of piperazine rings is 1. The molecule has 1 saturated heterocycles. The van der Waals surface area contributed by atoms with Gasteiger partial charge in [-0.3, -0.25) is 4.90 Å². The summed E-state index contributed by atoms with van der Waals surface area (Å²) in [6, 6.07) is 23.5. The lowest BCUT2D eigenvalue weighted by molar-refractivity contribution is 0.0855. The predicted octanol–water partition coefficient (Wildman–Crippen LogP) is 5.57. The molecule has 1 fully saturated rings. The number of para-hydroxylation sites is 3. The third-order valence-electron chi connectivity index (χ3n) is 6.61. The van der Waals surface area contributed by atoms with Gasteiger partial charge in [0.15, 0.2) is 0 Å². The Labute approximate surface area is 198 Å². The Morgan fingerprint density at radius 2 is 1.06 bits per heavy atom. The zero-order chi connectivity index (χ0) is 23.2. The third-order valence-corrected chi connectivity index (χ3v) is 6.61. The van der Waals surface area contributed by atoms with Crippen molar-refractivity contribution in [3.05, 3.63) is 89.0 Å². The van der Waals surface area contributed by atoms with Crippen LogP contribution in [0.15, 0.2) is 66.7 Å². The van der Waals surface area contributed by atoms with E-state index >= 15 is 0 Å². The van der Waals surface area contributed by atoms with Crippen molar-refractivity contribution in [2.75, 3.05) is 44.3 Å². The van der Waals surface area contributed by atoms with E-state index in [0.29, 0.717) is 13.2 Å². The van der Waals surface area contributed by atoms with Gasteiger partial charge in [-0.1, -0.05) is 54.6 Å². The molecule has 1 aliphatic rings. The van der Waals surface area contributed by atoms with Crippen LogP contribution >= 0.6 is 0 Å². The van der Waals surface area contributed by atoms with Gasteiger partial charge in [0.05, 0.1) is 6.04 Å². The first kappa shape index (κ1) is 23.2. The van der Waals surface area contributed by atoms with Crippen molar-refractivity contribution in [2.24, 2.45) is 0 Å². The van der Waals surface area contributed by atoms with Crippen molar-refractivity contribution in [1.82, 2.24) is 4.90 Å². The summed E-state index contributed by atoms with van der Waals surface area (Å²) >= 11 is 0. The van der Waals surface area contributed by atoms with E-state index < -0.39 is 0 Å². The summed E-state index contributed by atoms with van der Waals surface area (Å²) in [6.45, 7) is 13.7. The molecular weight excluding hydrogens is 408 g/mol. The number of rotatable bonds is 8. The largest absolute Gasteiger partial charge is 0.491 e. The van der Waals surface area contributed by atoms with Gasteiger partial charge >= 0.3 is 0 Å². The molecule has 1 heterocycles. The van der Waals surface area contributed by atoms with Crippen LogP contribution in [0.5, 0.6) is 11.5 Å². The number of nitrogens with zero attached hydrogens (tertiary/aromatic N) is 2. The van der Waals surface area contributed by atoms with Crippen LogP contribution < -0.4 is 14.4 Å². The molecule has 174 valence electrons. The minimum absolute atomic E-state index is 0.181. The molecule has 0 atom stereocenters. The lowest BCUT2D eigenvalue weighted by Crippen LogP contribution is -2.53.